The lowest BCUT2D eigenvalue weighted by Gasteiger charge is -2.34. The highest BCUT2D eigenvalue weighted by Gasteiger charge is 2.18. The van der Waals surface area contributed by atoms with Crippen molar-refractivity contribution in [3.63, 3.8) is 0 Å². The molecule has 0 amide bonds. The van der Waals surface area contributed by atoms with Crippen molar-refractivity contribution in [3.05, 3.63) is 47.0 Å². The number of aryl methyl sites for hydroxylation is 1. The van der Waals surface area contributed by atoms with Crippen molar-refractivity contribution in [2.24, 2.45) is 0 Å². The molecule has 1 aliphatic heterocycles. The Balaban J connectivity index is 1.35. The third kappa shape index (κ3) is 6.59. The summed E-state index contributed by atoms with van der Waals surface area (Å²) in [4.78, 5) is 12.4. The molecule has 0 unspecified atom stereocenters. The maximum atomic E-state index is 4.90. The van der Waals surface area contributed by atoms with E-state index in [2.05, 4.69) is 64.4 Å². The molecule has 1 aromatic heterocycles. The van der Waals surface area contributed by atoms with Crippen LogP contribution in [-0.4, -0.2) is 67.6 Å². The molecule has 1 aromatic carbocycles. The van der Waals surface area contributed by atoms with Gasteiger partial charge in [0.15, 0.2) is 5.13 Å². The zero-order valence-electron chi connectivity index (χ0n) is 16.9. The van der Waals surface area contributed by atoms with Gasteiger partial charge in [-0.3, -0.25) is 4.90 Å². The summed E-state index contributed by atoms with van der Waals surface area (Å²) in [5, 5.41) is 3.47. The summed E-state index contributed by atoms with van der Waals surface area (Å²) in [6.07, 6.45) is 4.68. The fourth-order valence-electron chi connectivity index (χ4n) is 3.65. The smallest absolute Gasteiger partial charge is 0.185 e. The van der Waals surface area contributed by atoms with E-state index in [9.17, 15) is 0 Å². The summed E-state index contributed by atoms with van der Waals surface area (Å²) in [7, 11) is 2.23. The van der Waals surface area contributed by atoms with Gasteiger partial charge in [0.05, 0.1) is 5.69 Å². The Morgan fingerprint density at radius 3 is 2.56 bits per heavy atom. The van der Waals surface area contributed by atoms with E-state index in [0.717, 1.165) is 39.0 Å². The van der Waals surface area contributed by atoms with Crippen molar-refractivity contribution in [2.45, 2.75) is 32.6 Å². The van der Waals surface area contributed by atoms with Crippen molar-refractivity contribution in [1.82, 2.24) is 14.8 Å². The van der Waals surface area contributed by atoms with Crippen LogP contribution >= 0.6 is 11.3 Å². The van der Waals surface area contributed by atoms with Crippen LogP contribution in [-0.2, 0) is 12.8 Å². The van der Waals surface area contributed by atoms with Gasteiger partial charge in [0.1, 0.15) is 0 Å². The average Bonchev–Trinajstić information content (AvgIpc) is 3.17. The topological polar surface area (TPSA) is 22.6 Å². The van der Waals surface area contributed by atoms with Crippen LogP contribution in [0, 0.1) is 0 Å². The Labute approximate surface area is 168 Å². The summed E-state index contributed by atoms with van der Waals surface area (Å²) in [5.41, 5.74) is 2.69. The second-order valence-corrected chi connectivity index (χ2v) is 8.43. The van der Waals surface area contributed by atoms with Crippen molar-refractivity contribution in [1.29, 1.82) is 0 Å². The van der Waals surface area contributed by atoms with Crippen LogP contribution in [0.5, 0.6) is 0 Å². The number of anilines is 1. The van der Waals surface area contributed by atoms with Gasteiger partial charge in [0, 0.05) is 44.5 Å². The van der Waals surface area contributed by atoms with Gasteiger partial charge in [-0.15, -0.1) is 11.3 Å². The molecule has 0 saturated carbocycles. The summed E-state index contributed by atoms with van der Waals surface area (Å²) >= 11 is 1.82. The molecule has 2 heterocycles. The van der Waals surface area contributed by atoms with Crippen LogP contribution in [0.2, 0.25) is 0 Å². The predicted octanol–water partition coefficient (Wildman–Crippen LogP) is 3.78. The van der Waals surface area contributed by atoms with Crippen molar-refractivity contribution in [2.75, 3.05) is 57.8 Å². The minimum atomic E-state index is 1.05. The normalized spacial score (nSPS) is 15.6. The van der Waals surface area contributed by atoms with E-state index in [4.69, 9.17) is 4.98 Å². The van der Waals surface area contributed by atoms with Crippen LogP contribution in [0.15, 0.2) is 35.7 Å². The first-order chi connectivity index (χ1) is 13.2. The van der Waals surface area contributed by atoms with Crippen LogP contribution in [0.25, 0.3) is 0 Å². The molecule has 3 rings (SSSR count). The lowest BCUT2D eigenvalue weighted by molar-refractivity contribution is 0.258. The molecule has 0 atom stereocenters. The number of aromatic nitrogens is 1. The van der Waals surface area contributed by atoms with E-state index in [1.807, 2.05) is 11.3 Å². The Hall–Kier alpha value is -1.43. The summed E-state index contributed by atoms with van der Waals surface area (Å²) in [5.74, 6) is 0. The molecule has 2 aromatic rings. The monoisotopic (exact) mass is 386 g/mol. The minimum absolute atomic E-state index is 1.05. The summed E-state index contributed by atoms with van der Waals surface area (Å²) in [6, 6.07) is 10.8. The number of hydrogen-bond donors (Lipinski definition) is 0. The van der Waals surface area contributed by atoms with Crippen LogP contribution in [0.4, 0.5) is 5.13 Å². The van der Waals surface area contributed by atoms with E-state index in [1.54, 1.807) is 0 Å². The molecule has 0 aliphatic carbocycles. The number of thiazole rings is 1. The zero-order valence-corrected chi connectivity index (χ0v) is 17.8. The third-order valence-electron chi connectivity index (χ3n) is 5.32. The maximum absolute atomic E-state index is 4.90. The number of rotatable bonds is 10. The highest BCUT2D eigenvalue weighted by molar-refractivity contribution is 7.13. The molecule has 1 saturated heterocycles. The molecule has 0 radical (unpaired) electrons. The average molecular weight is 387 g/mol. The van der Waals surface area contributed by atoms with E-state index >= 15 is 0 Å². The van der Waals surface area contributed by atoms with Gasteiger partial charge >= 0.3 is 0 Å². The lowest BCUT2D eigenvalue weighted by Crippen LogP contribution is -2.46. The van der Waals surface area contributed by atoms with Gasteiger partial charge in [-0.05, 0) is 45.0 Å². The van der Waals surface area contributed by atoms with E-state index in [-0.39, 0.29) is 0 Å². The van der Waals surface area contributed by atoms with Gasteiger partial charge < -0.3 is 9.80 Å². The molecule has 0 N–H and O–H groups in total. The molecular formula is C22H34N4S. The predicted molar refractivity (Wildman–Crippen MR) is 117 cm³/mol. The Bertz CT molecular complexity index is 649. The fourth-order valence-corrected chi connectivity index (χ4v) is 4.56. The molecule has 5 heteroatoms. The van der Waals surface area contributed by atoms with Gasteiger partial charge in [-0.1, -0.05) is 37.3 Å². The van der Waals surface area contributed by atoms with Gasteiger partial charge in [0.25, 0.3) is 0 Å². The summed E-state index contributed by atoms with van der Waals surface area (Å²) < 4.78 is 0. The van der Waals surface area contributed by atoms with Crippen molar-refractivity contribution < 1.29 is 0 Å². The first-order valence-electron chi connectivity index (χ1n) is 10.4. The quantitative estimate of drug-likeness (QED) is 0.620. The zero-order chi connectivity index (χ0) is 18.9. The Morgan fingerprint density at radius 1 is 1.04 bits per heavy atom. The number of nitrogens with zero attached hydrogens (tertiary/aromatic N) is 4. The standard InChI is InChI=1S/C22H34N4S/c1-3-12-25-15-17-26(18-16-25)22-23-21(19-27-22)11-14-24(2)13-7-10-20-8-5-4-6-9-20/h4-6,8-9,19H,3,7,10-18H2,1-2H3. The minimum Gasteiger partial charge on any atom is -0.346 e. The second-order valence-electron chi connectivity index (χ2n) is 7.59. The largest absolute Gasteiger partial charge is 0.346 e. The second kappa shape index (κ2) is 10.8. The van der Waals surface area contributed by atoms with Crippen LogP contribution in [0.3, 0.4) is 0 Å². The highest BCUT2D eigenvalue weighted by atomic mass is 32.1. The Morgan fingerprint density at radius 2 is 1.81 bits per heavy atom. The molecule has 148 valence electrons. The summed E-state index contributed by atoms with van der Waals surface area (Å²) in [6.45, 7) is 10.3. The number of hydrogen-bond acceptors (Lipinski definition) is 5. The van der Waals surface area contributed by atoms with Gasteiger partial charge in [-0.2, -0.15) is 0 Å². The molecule has 27 heavy (non-hydrogen) atoms. The maximum Gasteiger partial charge on any atom is 0.185 e. The molecule has 1 aliphatic rings. The first-order valence-corrected chi connectivity index (χ1v) is 11.3. The first kappa shape index (κ1) is 20.3. The number of benzene rings is 1. The molecule has 4 nitrogen and oxygen atoms in total. The number of likely N-dealkylation sites (N-methyl/N-ethyl adjacent to an activating group) is 1. The molecule has 0 spiro atoms. The van der Waals surface area contributed by atoms with Crippen molar-refractivity contribution in [3.8, 4) is 0 Å². The van der Waals surface area contributed by atoms with E-state index in [1.165, 1.54) is 48.9 Å². The highest BCUT2D eigenvalue weighted by Crippen LogP contribution is 2.22. The van der Waals surface area contributed by atoms with Crippen LogP contribution in [0.1, 0.15) is 31.0 Å². The van der Waals surface area contributed by atoms with E-state index < -0.39 is 0 Å². The van der Waals surface area contributed by atoms with Crippen LogP contribution < -0.4 is 4.90 Å². The van der Waals surface area contributed by atoms with Gasteiger partial charge in [0.2, 0.25) is 0 Å². The number of piperazine rings is 1. The van der Waals surface area contributed by atoms with Crippen molar-refractivity contribution >= 4 is 16.5 Å². The van der Waals surface area contributed by atoms with E-state index in [0.29, 0.717) is 0 Å². The Kier molecular flexibility index (Phi) is 8.11. The molecular weight excluding hydrogens is 352 g/mol. The molecule has 1 fully saturated rings. The van der Waals surface area contributed by atoms with Gasteiger partial charge in [-0.25, -0.2) is 4.98 Å². The SMILES string of the molecule is CCCN1CCN(c2nc(CCN(C)CCCc3ccccc3)cs2)CC1. The fraction of sp³-hybridized carbons (Fsp3) is 0.591. The molecule has 0 bridgehead atoms. The third-order valence-corrected chi connectivity index (χ3v) is 6.27. The lowest BCUT2D eigenvalue weighted by atomic mass is 10.1.